The van der Waals surface area contributed by atoms with Gasteiger partial charge in [0.05, 0.1) is 24.3 Å². The monoisotopic (exact) mass is 350 g/mol. The number of piperidine rings is 1. The lowest BCUT2D eigenvalue weighted by atomic mass is 9.75. The number of carbonyl (C=O) groups excluding carboxylic acids is 1. The van der Waals surface area contributed by atoms with Crippen molar-refractivity contribution in [3.8, 4) is 0 Å². The number of aromatic amines is 1. The Morgan fingerprint density at radius 1 is 1.35 bits per heavy atom. The third-order valence-electron chi connectivity index (χ3n) is 6.13. The maximum atomic E-state index is 12.3. The van der Waals surface area contributed by atoms with Crippen LogP contribution in [0, 0.1) is 11.8 Å². The minimum atomic E-state index is -0.278. The van der Waals surface area contributed by atoms with Crippen LogP contribution < -0.4 is 10.6 Å². The minimum absolute atomic E-state index is 0.0964. The van der Waals surface area contributed by atoms with Crippen LogP contribution in [0.1, 0.15) is 13.3 Å². The van der Waals surface area contributed by atoms with Crippen molar-refractivity contribution in [2.75, 3.05) is 20.2 Å². The minimum Gasteiger partial charge on any atom is -0.497 e. The predicted molar refractivity (Wildman–Crippen MR) is 99.2 cm³/mol. The first kappa shape index (κ1) is 15.6. The number of ether oxygens (including phenoxy) is 2. The summed E-state index contributed by atoms with van der Waals surface area (Å²) in [5.41, 5.74) is 3.12. The molecule has 5 nitrogen and oxygen atoms in total. The number of methoxy groups -OCH3 is 1. The van der Waals surface area contributed by atoms with Crippen LogP contribution in [0.4, 0.5) is 0 Å². The highest BCUT2D eigenvalue weighted by molar-refractivity contribution is 5.89. The highest BCUT2D eigenvalue weighted by atomic mass is 16.5. The zero-order valence-corrected chi connectivity index (χ0v) is 15.0. The highest BCUT2D eigenvalue weighted by Crippen LogP contribution is 2.41. The first-order valence-corrected chi connectivity index (χ1v) is 9.16. The molecular weight excluding hydrogens is 328 g/mol. The molecule has 2 aromatic rings. The van der Waals surface area contributed by atoms with Gasteiger partial charge < -0.3 is 19.4 Å². The second-order valence-electron chi connectivity index (χ2n) is 7.40. The van der Waals surface area contributed by atoms with Crippen LogP contribution in [0.15, 0.2) is 36.1 Å². The van der Waals surface area contributed by atoms with Gasteiger partial charge in [-0.2, -0.15) is 0 Å². The van der Waals surface area contributed by atoms with Gasteiger partial charge in [0.1, 0.15) is 6.10 Å². The molecule has 1 N–H and O–H groups in total. The molecule has 26 heavy (non-hydrogen) atoms. The van der Waals surface area contributed by atoms with E-state index in [4.69, 9.17) is 9.47 Å². The fraction of sp³-hybridized carbons (Fsp3) is 0.381. The van der Waals surface area contributed by atoms with E-state index in [1.165, 1.54) is 28.8 Å². The zero-order chi connectivity index (χ0) is 17.8. The Hall–Kier alpha value is -2.69. The van der Waals surface area contributed by atoms with E-state index in [1.54, 1.807) is 6.26 Å². The Kier molecular flexibility index (Phi) is 3.39. The molecule has 1 saturated heterocycles. The molecule has 1 aromatic heterocycles. The van der Waals surface area contributed by atoms with Crippen molar-refractivity contribution < 1.29 is 14.3 Å². The largest absolute Gasteiger partial charge is 0.497 e. The van der Waals surface area contributed by atoms with E-state index in [9.17, 15) is 4.79 Å². The van der Waals surface area contributed by atoms with Crippen molar-refractivity contribution in [3.05, 3.63) is 46.7 Å². The molecule has 3 aliphatic heterocycles. The van der Waals surface area contributed by atoms with Gasteiger partial charge in [-0.15, -0.1) is 0 Å². The normalized spacial score (nSPS) is 26.8. The summed E-state index contributed by atoms with van der Waals surface area (Å²) in [5.74, 6) is 0.146. The van der Waals surface area contributed by atoms with Crippen molar-refractivity contribution in [2.45, 2.75) is 19.4 Å². The summed E-state index contributed by atoms with van der Waals surface area (Å²) in [6.45, 7) is 3.88. The molecule has 0 saturated carbocycles. The van der Waals surface area contributed by atoms with E-state index in [0.29, 0.717) is 5.57 Å². The van der Waals surface area contributed by atoms with Crippen molar-refractivity contribution in [2.24, 2.45) is 11.8 Å². The fourth-order valence-corrected chi connectivity index (χ4v) is 4.73. The predicted octanol–water partition coefficient (Wildman–Crippen LogP) is 1.48. The molecule has 0 bridgehead atoms. The van der Waals surface area contributed by atoms with Crippen molar-refractivity contribution in [1.29, 1.82) is 0 Å². The Morgan fingerprint density at radius 2 is 2.19 bits per heavy atom. The Morgan fingerprint density at radius 3 is 3.04 bits per heavy atom. The van der Waals surface area contributed by atoms with E-state index < -0.39 is 0 Å². The average Bonchev–Trinajstić information content (AvgIpc) is 3.06. The molecule has 1 aromatic carbocycles. The quantitative estimate of drug-likeness (QED) is 0.792. The van der Waals surface area contributed by atoms with Crippen LogP contribution in [0.25, 0.3) is 22.7 Å². The molecule has 0 spiro atoms. The fourth-order valence-electron chi connectivity index (χ4n) is 4.73. The number of benzene rings is 1. The number of H-pyrrole nitrogens is 1. The van der Waals surface area contributed by atoms with Gasteiger partial charge in [0.25, 0.3) is 0 Å². The topological polar surface area (TPSA) is 54.6 Å². The third-order valence-corrected chi connectivity index (χ3v) is 6.13. The van der Waals surface area contributed by atoms with Crippen LogP contribution in [0.3, 0.4) is 0 Å². The molecule has 3 atom stereocenters. The Balaban J connectivity index is 1.67. The lowest BCUT2D eigenvalue weighted by molar-refractivity contribution is -0.138. The summed E-state index contributed by atoms with van der Waals surface area (Å²) < 4.78 is 10.8. The van der Waals surface area contributed by atoms with Gasteiger partial charge in [-0.05, 0) is 19.4 Å². The van der Waals surface area contributed by atoms with Gasteiger partial charge in [0.2, 0.25) is 0 Å². The van der Waals surface area contributed by atoms with Crippen LogP contribution in [0.5, 0.6) is 0 Å². The molecule has 0 aliphatic carbocycles. The first-order chi connectivity index (χ1) is 12.7. The van der Waals surface area contributed by atoms with E-state index >= 15 is 0 Å². The van der Waals surface area contributed by atoms with Crippen molar-refractivity contribution in [3.63, 3.8) is 0 Å². The number of nitrogens with zero attached hydrogens (tertiary/aromatic N) is 1. The van der Waals surface area contributed by atoms with Gasteiger partial charge in [0, 0.05) is 46.7 Å². The molecule has 0 radical (unpaired) electrons. The molecule has 1 fully saturated rings. The summed E-state index contributed by atoms with van der Waals surface area (Å²) >= 11 is 0. The number of carbonyl (C=O) groups is 1. The van der Waals surface area contributed by atoms with Crippen molar-refractivity contribution in [1.82, 2.24) is 9.88 Å². The van der Waals surface area contributed by atoms with E-state index in [-0.39, 0.29) is 23.9 Å². The number of hydrogen-bond donors (Lipinski definition) is 1. The number of aromatic nitrogens is 1. The number of nitrogens with one attached hydrogen (secondary N) is 1. The van der Waals surface area contributed by atoms with E-state index in [2.05, 4.69) is 47.1 Å². The van der Waals surface area contributed by atoms with Gasteiger partial charge in [-0.1, -0.05) is 24.3 Å². The third kappa shape index (κ3) is 2.13. The van der Waals surface area contributed by atoms with Gasteiger partial charge in [-0.25, -0.2) is 4.79 Å². The van der Waals surface area contributed by atoms with Crippen LogP contribution in [-0.4, -0.2) is 42.2 Å². The average molecular weight is 350 g/mol. The number of para-hydroxylation sites is 1. The zero-order valence-electron chi connectivity index (χ0n) is 15.0. The van der Waals surface area contributed by atoms with E-state index in [0.717, 1.165) is 25.0 Å². The summed E-state index contributed by atoms with van der Waals surface area (Å²) in [4.78, 5) is 18.3. The van der Waals surface area contributed by atoms with Gasteiger partial charge in [0.15, 0.2) is 0 Å². The summed E-state index contributed by atoms with van der Waals surface area (Å²) in [6.07, 6.45) is 4.85. The maximum absolute atomic E-state index is 12.3. The maximum Gasteiger partial charge on any atom is 0.337 e. The Bertz CT molecular complexity index is 1050. The molecule has 134 valence electrons. The first-order valence-electron chi connectivity index (χ1n) is 9.16. The summed E-state index contributed by atoms with van der Waals surface area (Å²) in [5, 5.41) is 3.74. The lowest BCUT2D eigenvalue weighted by Gasteiger charge is -2.45. The summed E-state index contributed by atoms with van der Waals surface area (Å²) in [7, 11) is 1.43. The van der Waals surface area contributed by atoms with Gasteiger partial charge >= 0.3 is 5.97 Å². The van der Waals surface area contributed by atoms with Crippen molar-refractivity contribution >= 4 is 28.6 Å². The lowest BCUT2D eigenvalue weighted by Crippen LogP contribution is -2.51. The van der Waals surface area contributed by atoms with E-state index in [1.807, 2.05) is 0 Å². The molecule has 0 amide bonds. The van der Waals surface area contributed by atoms with Gasteiger partial charge in [-0.3, -0.25) is 0 Å². The Labute approximate surface area is 151 Å². The van der Waals surface area contributed by atoms with Crippen LogP contribution >= 0.6 is 0 Å². The highest BCUT2D eigenvalue weighted by Gasteiger charge is 2.43. The molecule has 3 aliphatic rings. The number of rotatable bonds is 1. The number of esters is 1. The number of fused-ring (bicyclic) bond motifs is 5. The second-order valence-corrected chi connectivity index (χ2v) is 7.40. The SMILES string of the molecule is COC(=O)C1=CO[C@@H](C)[C@@H]2CN3CC=c4c([nH]c5ccccc45)=C3C[C@H]12. The number of hydrogen-bond acceptors (Lipinski definition) is 4. The molecule has 4 heterocycles. The van der Waals surface area contributed by atoms with Crippen LogP contribution in [-0.2, 0) is 14.3 Å². The molecule has 5 rings (SSSR count). The smallest absolute Gasteiger partial charge is 0.337 e. The van der Waals surface area contributed by atoms with Crippen LogP contribution in [0.2, 0.25) is 0 Å². The standard InChI is InChI=1S/C21H22N2O3/c1-12-16-10-23-8-7-14-13-5-3-4-6-18(13)22-20(14)19(23)9-15(16)17(11-26-12)21(24)25-2/h3-7,11-12,15-16,22H,8-10H2,1-2H3/t12-,15-,16-/m0/s1. The molecule has 0 unspecified atom stereocenters. The summed E-state index contributed by atoms with van der Waals surface area (Å²) in [6, 6.07) is 8.42. The molecular formula is C21H22N2O3. The molecule has 5 heteroatoms. The second kappa shape index (κ2) is 5.66.